The highest BCUT2D eigenvalue weighted by atomic mass is 32.1. The molecule has 2 aromatic rings. The fourth-order valence-electron chi connectivity index (χ4n) is 2.92. The van der Waals surface area contributed by atoms with Crippen LogP contribution in [0.15, 0.2) is 11.6 Å². The number of aromatic nitrogens is 2. The summed E-state index contributed by atoms with van der Waals surface area (Å²) in [5.41, 5.74) is 4.12. The van der Waals surface area contributed by atoms with E-state index in [9.17, 15) is 4.79 Å². The first-order valence-electron chi connectivity index (χ1n) is 7.21. The van der Waals surface area contributed by atoms with Crippen LogP contribution in [0, 0.1) is 5.92 Å². The highest BCUT2D eigenvalue weighted by Crippen LogP contribution is 2.24. The molecule has 1 saturated heterocycles. The van der Waals surface area contributed by atoms with Crippen LogP contribution in [0.3, 0.4) is 0 Å². The molecule has 2 aromatic heterocycles. The summed E-state index contributed by atoms with van der Waals surface area (Å²) in [6.45, 7) is 5.31. The first-order valence-corrected chi connectivity index (χ1v) is 8.09. The summed E-state index contributed by atoms with van der Waals surface area (Å²) < 4.78 is 4.79. The number of fused-ring (bicyclic) bond motifs is 1. The van der Waals surface area contributed by atoms with E-state index in [0.717, 1.165) is 41.5 Å². The number of likely N-dealkylation sites (tertiary alicyclic amines) is 1. The Bertz CT molecular complexity index is 655. The zero-order chi connectivity index (χ0) is 14.8. The number of rotatable bonds is 3. The van der Waals surface area contributed by atoms with Crippen LogP contribution < -0.4 is 0 Å². The third-order valence-corrected chi connectivity index (χ3v) is 4.63. The minimum absolute atomic E-state index is 0.370. The molecule has 0 unspecified atom stereocenters. The summed E-state index contributed by atoms with van der Waals surface area (Å²) in [6, 6.07) is 1.83. The third kappa shape index (κ3) is 3.06. The van der Waals surface area contributed by atoms with Crippen molar-refractivity contribution >= 4 is 27.7 Å². The van der Waals surface area contributed by atoms with Crippen molar-refractivity contribution in [2.75, 3.05) is 20.2 Å². The second kappa shape index (κ2) is 6.07. The predicted octanol–water partition coefficient (Wildman–Crippen LogP) is 2.71. The molecule has 0 saturated carbocycles. The minimum Gasteiger partial charge on any atom is -0.464 e. The molecule has 0 N–H and O–H groups in total. The van der Waals surface area contributed by atoms with E-state index in [-0.39, 0.29) is 0 Å². The molecule has 1 aliphatic rings. The quantitative estimate of drug-likeness (QED) is 0.816. The zero-order valence-electron chi connectivity index (χ0n) is 12.3. The van der Waals surface area contributed by atoms with Crippen LogP contribution in [-0.2, 0) is 11.3 Å². The van der Waals surface area contributed by atoms with Crippen LogP contribution in [0.25, 0.3) is 10.3 Å². The number of methoxy groups -OCH3 is 1. The molecule has 1 fully saturated rings. The van der Waals surface area contributed by atoms with Gasteiger partial charge in [0, 0.05) is 13.1 Å². The lowest BCUT2D eigenvalue weighted by Gasteiger charge is -2.30. The summed E-state index contributed by atoms with van der Waals surface area (Å²) in [5, 5.41) is 0. The van der Waals surface area contributed by atoms with Gasteiger partial charge in [-0.15, -0.1) is 11.3 Å². The van der Waals surface area contributed by atoms with E-state index in [1.165, 1.54) is 31.3 Å². The standard InChI is InChI=1S/C15H19N3O2S/c1-10-4-3-5-18(7-10)8-11-6-12(15(19)20-2)17-14-13(11)16-9-21-14/h6,9-10H,3-5,7-8H2,1-2H3/t10-/m0/s1. The molecule has 0 amide bonds. The Morgan fingerprint density at radius 3 is 3.19 bits per heavy atom. The van der Waals surface area contributed by atoms with Crippen molar-refractivity contribution in [2.45, 2.75) is 26.3 Å². The molecule has 6 heteroatoms. The van der Waals surface area contributed by atoms with Crippen LogP contribution in [-0.4, -0.2) is 41.0 Å². The van der Waals surface area contributed by atoms with Gasteiger partial charge in [-0.1, -0.05) is 6.92 Å². The number of pyridine rings is 1. The first kappa shape index (κ1) is 14.4. The molecule has 0 bridgehead atoms. The summed E-state index contributed by atoms with van der Waals surface area (Å²) in [7, 11) is 1.38. The van der Waals surface area contributed by atoms with E-state index in [4.69, 9.17) is 4.74 Å². The van der Waals surface area contributed by atoms with Gasteiger partial charge in [0.1, 0.15) is 10.3 Å². The van der Waals surface area contributed by atoms with Gasteiger partial charge in [0.05, 0.1) is 12.6 Å². The molecule has 0 radical (unpaired) electrons. The third-order valence-electron chi connectivity index (χ3n) is 3.92. The SMILES string of the molecule is COC(=O)c1cc(CN2CCC[C@H](C)C2)c2ncsc2n1. The molecule has 1 atom stereocenters. The lowest BCUT2D eigenvalue weighted by Crippen LogP contribution is -2.33. The molecule has 21 heavy (non-hydrogen) atoms. The van der Waals surface area contributed by atoms with Crippen molar-refractivity contribution < 1.29 is 9.53 Å². The van der Waals surface area contributed by atoms with Crippen molar-refractivity contribution in [2.24, 2.45) is 5.92 Å². The van der Waals surface area contributed by atoms with Crippen LogP contribution in [0.1, 0.15) is 35.8 Å². The number of esters is 1. The topological polar surface area (TPSA) is 55.3 Å². The largest absolute Gasteiger partial charge is 0.464 e. The van der Waals surface area contributed by atoms with E-state index in [1.54, 1.807) is 5.51 Å². The predicted molar refractivity (Wildman–Crippen MR) is 82.4 cm³/mol. The molecule has 5 nitrogen and oxygen atoms in total. The zero-order valence-corrected chi connectivity index (χ0v) is 13.2. The molecule has 1 aliphatic heterocycles. The van der Waals surface area contributed by atoms with E-state index < -0.39 is 5.97 Å². The Hall–Kier alpha value is -1.53. The molecule has 0 spiro atoms. The summed E-state index contributed by atoms with van der Waals surface area (Å²) in [6.07, 6.45) is 2.53. The lowest BCUT2D eigenvalue weighted by atomic mass is 10.00. The maximum absolute atomic E-state index is 11.8. The summed E-state index contributed by atoms with van der Waals surface area (Å²) in [5.74, 6) is 0.338. The monoisotopic (exact) mass is 305 g/mol. The van der Waals surface area contributed by atoms with Crippen molar-refractivity contribution in [1.82, 2.24) is 14.9 Å². The Labute approximate surface area is 128 Å². The number of ether oxygens (including phenoxy) is 1. The van der Waals surface area contributed by atoms with E-state index >= 15 is 0 Å². The van der Waals surface area contributed by atoms with Crippen molar-refractivity contribution in [3.63, 3.8) is 0 Å². The van der Waals surface area contributed by atoms with Crippen LogP contribution in [0.2, 0.25) is 0 Å². The molecule has 112 valence electrons. The summed E-state index contributed by atoms with van der Waals surface area (Å²) >= 11 is 1.46. The second-order valence-corrected chi connectivity index (χ2v) is 6.48. The van der Waals surface area contributed by atoms with Crippen LogP contribution in [0.4, 0.5) is 0 Å². The van der Waals surface area contributed by atoms with Gasteiger partial charge in [0.15, 0.2) is 5.69 Å². The highest BCUT2D eigenvalue weighted by Gasteiger charge is 2.20. The number of hydrogen-bond donors (Lipinski definition) is 0. The van der Waals surface area contributed by atoms with Gasteiger partial charge in [-0.2, -0.15) is 0 Å². The fourth-order valence-corrected chi connectivity index (χ4v) is 3.62. The van der Waals surface area contributed by atoms with Crippen LogP contribution >= 0.6 is 11.3 Å². The summed E-state index contributed by atoms with van der Waals surface area (Å²) in [4.78, 5) is 23.7. The minimum atomic E-state index is -0.390. The molecule has 3 heterocycles. The van der Waals surface area contributed by atoms with E-state index in [2.05, 4.69) is 21.8 Å². The lowest BCUT2D eigenvalue weighted by molar-refractivity contribution is 0.0594. The van der Waals surface area contributed by atoms with Crippen molar-refractivity contribution in [3.8, 4) is 0 Å². The fraction of sp³-hybridized carbons (Fsp3) is 0.533. The smallest absolute Gasteiger partial charge is 0.356 e. The molecular weight excluding hydrogens is 286 g/mol. The van der Waals surface area contributed by atoms with Gasteiger partial charge < -0.3 is 4.74 Å². The Kier molecular flexibility index (Phi) is 4.17. The van der Waals surface area contributed by atoms with Crippen molar-refractivity contribution in [3.05, 3.63) is 22.8 Å². The van der Waals surface area contributed by atoms with Gasteiger partial charge >= 0.3 is 5.97 Å². The molecular formula is C15H19N3O2S. The Morgan fingerprint density at radius 2 is 2.43 bits per heavy atom. The first-order chi connectivity index (χ1) is 10.2. The highest BCUT2D eigenvalue weighted by molar-refractivity contribution is 7.16. The van der Waals surface area contributed by atoms with Crippen LogP contribution in [0.5, 0.6) is 0 Å². The molecule has 0 aliphatic carbocycles. The van der Waals surface area contributed by atoms with Gasteiger partial charge in [0.25, 0.3) is 0 Å². The average Bonchev–Trinajstić information content (AvgIpc) is 2.95. The Morgan fingerprint density at radius 1 is 1.57 bits per heavy atom. The molecule has 0 aromatic carbocycles. The van der Waals surface area contributed by atoms with E-state index in [1.807, 2.05) is 6.07 Å². The maximum atomic E-state index is 11.8. The normalized spacial score (nSPS) is 19.8. The van der Waals surface area contributed by atoms with Crippen molar-refractivity contribution in [1.29, 1.82) is 0 Å². The number of nitrogens with zero attached hydrogens (tertiary/aromatic N) is 3. The number of thiazole rings is 1. The second-order valence-electron chi connectivity index (χ2n) is 5.65. The van der Waals surface area contributed by atoms with Gasteiger partial charge in [-0.05, 0) is 36.9 Å². The van der Waals surface area contributed by atoms with Gasteiger partial charge in [-0.25, -0.2) is 14.8 Å². The number of carbonyl (C=O) groups is 1. The Balaban J connectivity index is 1.92. The average molecular weight is 305 g/mol. The maximum Gasteiger partial charge on any atom is 0.356 e. The number of piperidine rings is 1. The molecule has 3 rings (SSSR count). The van der Waals surface area contributed by atoms with Gasteiger partial charge in [-0.3, -0.25) is 4.90 Å². The van der Waals surface area contributed by atoms with E-state index in [0.29, 0.717) is 5.69 Å². The van der Waals surface area contributed by atoms with Gasteiger partial charge in [0.2, 0.25) is 0 Å². The number of carbonyl (C=O) groups excluding carboxylic acids is 1. The number of hydrogen-bond acceptors (Lipinski definition) is 6.